The molecule has 0 aliphatic carbocycles. The van der Waals surface area contributed by atoms with Crippen LogP contribution in [0, 0.1) is 0 Å². The van der Waals surface area contributed by atoms with Crippen molar-refractivity contribution < 1.29 is 4.42 Å². The first kappa shape index (κ1) is 16.3. The van der Waals surface area contributed by atoms with E-state index in [0.29, 0.717) is 5.76 Å². The third kappa shape index (κ3) is 2.86. The number of para-hydroxylation sites is 1. The Balaban J connectivity index is 1.98. The molecule has 4 rings (SSSR count). The number of rotatable bonds is 2. The van der Waals surface area contributed by atoms with E-state index in [1.165, 1.54) is 0 Å². The Morgan fingerprint density at radius 2 is 1.80 bits per heavy atom. The fourth-order valence-electron chi connectivity index (χ4n) is 3.16. The zero-order valence-electron chi connectivity index (χ0n) is 13.7. The van der Waals surface area contributed by atoms with E-state index in [4.69, 9.17) is 16.0 Å². The molecule has 126 valence electrons. The minimum atomic E-state index is -0.500. The van der Waals surface area contributed by atoms with E-state index in [1.807, 2.05) is 60.5 Å². The third-order valence-electron chi connectivity index (χ3n) is 4.36. The van der Waals surface area contributed by atoms with Gasteiger partial charge < -0.3 is 9.32 Å². The predicted octanol–water partition coefficient (Wildman–Crippen LogP) is 5.38. The molecule has 0 atom stereocenters. The van der Waals surface area contributed by atoms with Crippen molar-refractivity contribution in [3.8, 4) is 11.3 Å². The highest BCUT2D eigenvalue weighted by Crippen LogP contribution is 2.43. The maximum absolute atomic E-state index is 12.4. The maximum Gasteiger partial charge on any atom is 0.357 e. The SMILES string of the molecule is CN(c1ccccc1)c1c2c(oc(=O)c1Cl)-c1ccccc1SCC2. The van der Waals surface area contributed by atoms with Crippen LogP contribution in [0.15, 0.2) is 68.7 Å². The van der Waals surface area contributed by atoms with Crippen LogP contribution in [0.5, 0.6) is 0 Å². The average Bonchev–Trinajstić information content (AvgIpc) is 2.82. The normalized spacial score (nSPS) is 12.9. The topological polar surface area (TPSA) is 33.5 Å². The van der Waals surface area contributed by atoms with Gasteiger partial charge in [0, 0.05) is 34.5 Å². The lowest BCUT2D eigenvalue weighted by Crippen LogP contribution is -2.17. The molecule has 1 aromatic heterocycles. The van der Waals surface area contributed by atoms with Gasteiger partial charge in [-0.15, -0.1) is 11.8 Å². The standard InChI is InChI=1S/C20H16ClNO2S/c1-22(13-7-3-2-4-8-13)18-15-11-12-25-16-10-6-5-9-14(16)19(15)24-20(23)17(18)21/h2-10H,11-12H2,1H3. The molecule has 0 saturated heterocycles. The highest BCUT2D eigenvalue weighted by Gasteiger charge is 2.26. The van der Waals surface area contributed by atoms with Gasteiger partial charge in [0.05, 0.1) is 5.69 Å². The molecule has 0 spiro atoms. The smallest absolute Gasteiger partial charge is 0.357 e. The Labute approximate surface area is 155 Å². The second-order valence-corrected chi connectivity index (χ2v) is 7.36. The number of fused-ring (bicyclic) bond motifs is 3. The summed E-state index contributed by atoms with van der Waals surface area (Å²) in [5.74, 6) is 1.54. The monoisotopic (exact) mass is 369 g/mol. The second-order valence-electron chi connectivity index (χ2n) is 5.85. The molecule has 0 amide bonds. The predicted molar refractivity (Wildman–Crippen MR) is 104 cm³/mol. The van der Waals surface area contributed by atoms with E-state index in [1.54, 1.807) is 11.8 Å². The van der Waals surface area contributed by atoms with Gasteiger partial charge in [0.15, 0.2) is 0 Å². The van der Waals surface area contributed by atoms with Crippen LogP contribution in [-0.4, -0.2) is 12.8 Å². The van der Waals surface area contributed by atoms with E-state index in [-0.39, 0.29) is 5.02 Å². The molecule has 0 radical (unpaired) electrons. The highest BCUT2D eigenvalue weighted by molar-refractivity contribution is 7.99. The average molecular weight is 370 g/mol. The Kier molecular flexibility index (Phi) is 4.32. The van der Waals surface area contributed by atoms with Crippen LogP contribution < -0.4 is 10.5 Å². The van der Waals surface area contributed by atoms with Gasteiger partial charge in [-0.2, -0.15) is 0 Å². The summed E-state index contributed by atoms with van der Waals surface area (Å²) >= 11 is 8.17. The number of anilines is 2. The summed E-state index contributed by atoms with van der Waals surface area (Å²) in [5, 5.41) is 0.134. The molecule has 0 unspecified atom stereocenters. The first-order chi connectivity index (χ1) is 12.2. The van der Waals surface area contributed by atoms with Gasteiger partial charge in [-0.3, -0.25) is 0 Å². The maximum atomic E-state index is 12.4. The van der Waals surface area contributed by atoms with Crippen LogP contribution in [-0.2, 0) is 6.42 Å². The summed E-state index contributed by atoms with van der Waals surface area (Å²) in [7, 11) is 1.93. The van der Waals surface area contributed by atoms with Gasteiger partial charge in [-0.1, -0.05) is 48.0 Å². The molecule has 0 fully saturated rings. The number of hydrogen-bond acceptors (Lipinski definition) is 4. The Hall–Kier alpha value is -2.17. The summed E-state index contributed by atoms with van der Waals surface area (Å²) in [6, 6.07) is 17.9. The lowest BCUT2D eigenvalue weighted by molar-refractivity contribution is 0.520. The van der Waals surface area contributed by atoms with Crippen LogP contribution in [0.1, 0.15) is 5.56 Å². The molecule has 0 saturated carbocycles. The molecule has 2 aromatic carbocycles. The Morgan fingerprint density at radius 1 is 1.08 bits per heavy atom. The van der Waals surface area contributed by atoms with Crippen molar-refractivity contribution in [1.82, 2.24) is 0 Å². The minimum Gasteiger partial charge on any atom is -0.421 e. The molecule has 5 heteroatoms. The third-order valence-corrected chi connectivity index (χ3v) is 5.77. The molecule has 3 nitrogen and oxygen atoms in total. The quantitative estimate of drug-likeness (QED) is 0.607. The molecule has 2 heterocycles. The van der Waals surface area contributed by atoms with E-state index < -0.39 is 5.63 Å². The summed E-state index contributed by atoms with van der Waals surface area (Å²) in [6.45, 7) is 0. The van der Waals surface area contributed by atoms with Crippen molar-refractivity contribution >= 4 is 34.7 Å². The fraction of sp³-hybridized carbons (Fsp3) is 0.150. The van der Waals surface area contributed by atoms with Gasteiger partial charge in [0.25, 0.3) is 0 Å². The molecule has 0 N–H and O–H groups in total. The fourth-order valence-corrected chi connectivity index (χ4v) is 4.46. The number of benzene rings is 2. The summed E-state index contributed by atoms with van der Waals surface area (Å²) in [6.07, 6.45) is 0.782. The van der Waals surface area contributed by atoms with Gasteiger partial charge in [-0.05, 0) is 24.6 Å². The van der Waals surface area contributed by atoms with E-state index >= 15 is 0 Å². The van der Waals surface area contributed by atoms with Crippen molar-refractivity contribution in [3.05, 3.63) is 75.6 Å². The molecule has 0 bridgehead atoms. The van der Waals surface area contributed by atoms with E-state index in [9.17, 15) is 4.79 Å². The molecule has 1 aliphatic heterocycles. The Morgan fingerprint density at radius 3 is 2.60 bits per heavy atom. The number of nitrogens with zero attached hydrogens (tertiary/aromatic N) is 1. The first-order valence-corrected chi connectivity index (χ1v) is 9.39. The molecular weight excluding hydrogens is 354 g/mol. The zero-order valence-corrected chi connectivity index (χ0v) is 15.2. The van der Waals surface area contributed by atoms with E-state index in [0.717, 1.165) is 39.6 Å². The van der Waals surface area contributed by atoms with Crippen LogP contribution >= 0.6 is 23.4 Å². The number of hydrogen-bond donors (Lipinski definition) is 0. The van der Waals surface area contributed by atoms with E-state index in [2.05, 4.69) is 6.07 Å². The zero-order chi connectivity index (χ0) is 17.4. The van der Waals surface area contributed by atoms with Crippen LogP contribution in [0.3, 0.4) is 0 Å². The van der Waals surface area contributed by atoms with Gasteiger partial charge in [0.1, 0.15) is 10.8 Å². The Bertz CT molecular complexity index is 985. The summed E-state index contributed by atoms with van der Waals surface area (Å²) < 4.78 is 5.64. The molecule has 25 heavy (non-hydrogen) atoms. The van der Waals surface area contributed by atoms with Crippen molar-refractivity contribution in [3.63, 3.8) is 0 Å². The second kappa shape index (κ2) is 6.62. The molecule has 1 aliphatic rings. The highest BCUT2D eigenvalue weighted by atomic mass is 35.5. The molecular formula is C20H16ClNO2S. The van der Waals surface area contributed by atoms with Gasteiger partial charge in [-0.25, -0.2) is 4.79 Å². The van der Waals surface area contributed by atoms with Gasteiger partial charge >= 0.3 is 5.63 Å². The molecule has 3 aromatic rings. The summed E-state index contributed by atoms with van der Waals surface area (Å²) in [4.78, 5) is 15.5. The van der Waals surface area contributed by atoms with Crippen molar-refractivity contribution in [2.45, 2.75) is 11.3 Å². The van der Waals surface area contributed by atoms with Crippen LogP contribution in [0.4, 0.5) is 11.4 Å². The van der Waals surface area contributed by atoms with Crippen molar-refractivity contribution in [2.75, 3.05) is 17.7 Å². The van der Waals surface area contributed by atoms with Crippen LogP contribution in [0.25, 0.3) is 11.3 Å². The minimum absolute atomic E-state index is 0.134. The largest absolute Gasteiger partial charge is 0.421 e. The van der Waals surface area contributed by atoms with Crippen molar-refractivity contribution in [1.29, 1.82) is 0 Å². The summed E-state index contributed by atoms with van der Waals surface area (Å²) in [5.41, 5.74) is 3.14. The lowest BCUT2D eigenvalue weighted by atomic mass is 10.0. The van der Waals surface area contributed by atoms with Crippen molar-refractivity contribution in [2.24, 2.45) is 0 Å². The number of halogens is 1. The lowest BCUT2D eigenvalue weighted by Gasteiger charge is -2.24. The van der Waals surface area contributed by atoms with Crippen LogP contribution in [0.2, 0.25) is 5.02 Å². The number of thioether (sulfide) groups is 1. The first-order valence-electron chi connectivity index (χ1n) is 8.03. The van der Waals surface area contributed by atoms with Gasteiger partial charge in [0.2, 0.25) is 0 Å².